The standard InChI is InChI=1S/C19H21N3O6/c1-18(2)8-12-14(13(23)9-18)19(27,15(24)21-17(20)26)16(25)22(12)10-4-6-11(28-3)7-5-10/h4-7,27H,8-9H2,1-3H3,(H3,20,21,24,26). The second-order valence-corrected chi connectivity index (χ2v) is 7.63. The highest BCUT2D eigenvalue weighted by Gasteiger charge is 2.61. The van der Waals surface area contributed by atoms with Gasteiger partial charge in [0, 0.05) is 17.8 Å². The number of benzene rings is 1. The summed E-state index contributed by atoms with van der Waals surface area (Å²) in [6.07, 6.45) is 0.319. The number of urea groups is 1. The maximum absolute atomic E-state index is 13.2. The van der Waals surface area contributed by atoms with Crippen LogP contribution in [0.15, 0.2) is 35.5 Å². The molecule has 0 spiro atoms. The van der Waals surface area contributed by atoms with Crippen LogP contribution in [0.2, 0.25) is 0 Å². The Kier molecular flexibility index (Phi) is 4.50. The number of rotatable bonds is 3. The fourth-order valence-corrected chi connectivity index (χ4v) is 3.70. The molecule has 3 rings (SSSR count). The van der Waals surface area contributed by atoms with Gasteiger partial charge in [0.05, 0.1) is 12.7 Å². The van der Waals surface area contributed by atoms with E-state index in [-0.39, 0.29) is 24.1 Å². The van der Waals surface area contributed by atoms with Crippen molar-refractivity contribution >= 4 is 29.3 Å². The number of imide groups is 1. The highest BCUT2D eigenvalue weighted by Crippen LogP contribution is 2.48. The van der Waals surface area contributed by atoms with Gasteiger partial charge < -0.3 is 15.6 Å². The van der Waals surface area contributed by atoms with Crippen molar-refractivity contribution in [3.8, 4) is 5.75 Å². The number of nitrogens with zero attached hydrogens (tertiary/aromatic N) is 1. The van der Waals surface area contributed by atoms with Gasteiger partial charge in [0.1, 0.15) is 5.75 Å². The molecular formula is C19H21N3O6. The number of hydrogen-bond acceptors (Lipinski definition) is 6. The minimum atomic E-state index is -2.82. The minimum absolute atomic E-state index is 0.0434. The van der Waals surface area contributed by atoms with Crippen LogP contribution in [0.1, 0.15) is 26.7 Å². The topological polar surface area (TPSA) is 139 Å². The molecule has 1 heterocycles. The molecule has 0 bridgehead atoms. The minimum Gasteiger partial charge on any atom is -0.497 e. The first-order valence-corrected chi connectivity index (χ1v) is 8.60. The van der Waals surface area contributed by atoms with Crippen molar-refractivity contribution in [3.63, 3.8) is 0 Å². The summed E-state index contributed by atoms with van der Waals surface area (Å²) in [4.78, 5) is 50.8. The molecular weight excluding hydrogens is 366 g/mol. The third kappa shape index (κ3) is 2.93. The van der Waals surface area contributed by atoms with Crippen molar-refractivity contribution in [2.45, 2.75) is 32.3 Å². The Morgan fingerprint density at radius 3 is 2.32 bits per heavy atom. The molecule has 28 heavy (non-hydrogen) atoms. The zero-order valence-electron chi connectivity index (χ0n) is 15.7. The van der Waals surface area contributed by atoms with Crippen LogP contribution in [0, 0.1) is 5.41 Å². The molecule has 1 atom stereocenters. The van der Waals surface area contributed by atoms with E-state index in [1.165, 1.54) is 7.11 Å². The molecule has 0 fully saturated rings. The lowest BCUT2D eigenvalue weighted by Gasteiger charge is -2.32. The molecule has 9 nitrogen and oxygen atoms in total. The molecule has 0 saturated heterocycles. The van der Waals surface area contributed by atoms with Crippen LogP contribution in [-0.2, 0) is 14.4 Å². The first-order valence-electron chi connectivity index (χ1n) is 8.60. The number of carbonyl (C=O) groups excluding carboxylic acids is 4. The molecule has 0 saturated carbocycles. The van der Waals surface area contributed by atoms with Gasteiger partial charge in [-0.2, -0.15) is 0 Å². The van der Waals surface area contributed by atoms with E-state index in [4.69, 9.17) is 10.5 Å². The van der Waals surface area contributed by atoms with Gasteiger partial charge in [0.15, 0.2) is 5.78 Å². The predicted octanol–water partition coefficient (Wildman–Crippen LogP) is 0.611. The van der Waals surface area contributed by atoms with Gasteiger partial charge in [-0.1, -0.05) is 13.8 Å². The third-order valence-electron chi connectivity index (χ3n) is 4.89. The summed E-state index contributed by atoms with van der Waals surface area (Å²) in [6, 6.07) is 5.13. The SMILES string of the molecule is COc1ccc(N2C(=O)C(O)(C(=O)NC(N)=O)C3=C2CC(C)(C)CC3=O)cc1. The van der Waals surface area contributed by atoms with Crippen molar-refractivity contribution in [1.82, 2.24) is 5.32 Å². The van der Waals surface area contributed by atoms with E-state index < -0.39 is 34.6 Å². The first kappa shape index (κ1) is 19.6. The number of primary amides is 1. The maximum Gasteiger partial charge on any atom is 0.318 e. The number of hydrogen-bond donors (Lipinski definition) is 3. The highest BCUT2D eigenvalue weighted by atomic mass is 16.5. The monoisotopic (exact) mass is 387 g/mol. The van der Waals surface area contributed by atoms with Crippen molar-refractivity contribution in [2.75, 3.05) is 12.0 Å². The fourth-order valence-electron chi connectivity index (χ4n) is 3.70. The Morgan fingerprint density at radius 2 is 1.79 bits per heavy atom. The summed E-state index contributed by atoms with van der Waals surface area (Å²) in [6.45, 7) is 3.71. The van der Waals surface area contributed by atoms with Crippen LogP contribution in [0.5, 0.6) is 5.75 Å². The van der Waals surface area contributed by atoms with Crippen LogP contribution in [0.3, 0.4) is 0 Å². The number of anilines is 1. The number of nitrogens with two attached hydrogens (primary N) is 1. The molecule has 1 aromatic carbocycles. The Labute approximate surface area is 161 Å². The van der Waals surface area contributed by atoms with Crippen LogP contribution in [0.4, 0.5) is 10.5 Å². The van der Waals surface area contributed by atoms with Crippen molar-refractivity contribution < 1.29 is 29.0 Å². The largest absolute Gasteiger partial charge is 0.497 e. The summed E-state index contributed by atoms with van der Waals surface area (Å²) >= 11 is 0. The molecule has 0 radical (unpaired) electrons. The molecule has 1 unspecified atom stereocenters. The molecule has 1 aromatic rings. The molecule has 0 aromatic heterocycles. The number of nitrogens with one attached hydrogen (secondary N) is 1. The maximum atomic E-state index is 13.2. The van der Waals surface area contributed by atoms with Gasteiger partial charge in [-0.15, -0.1) is 0 Å². The number of methoxy groups -OCH3 is 1. The van der Waals surface area contributed by atoms with E-state index in [0.717, 1.165) is 4.90 Å². The van der Waals surface area contributed by atoms with Crippen LogP contribution in [0.25, 0.3) is 0 Å². The summed E-state index contributed by atoms with van der Waals surface area (Å²) in [5.41, 5.74) is 1.94. The van der Waals surface area contributed by atoms with Crippen molar-refractivity contribution in [3.05, 3.63) is 35.5 Å². The van der Waals surface area contributed by atoms with Gasteiger partial charge in [-0.05, 0) is 36.1 Å². The number of carbonyl (C=O) groups is 4. The van der Waals surface area contributed by atoms with E-state index in [1.54, 1.807) is 29.6 Å². The molecule has 4 N–H and O–H groups in total. The number of Topliss-reactive ketones (excluding diaryl/α,β-unsaturated/α-hetero) is 1. The molecule has 1 aliphatic heterocycles. The van der Waals surface area contributed by atoms with Gasteiger partial charge >= 0.3 is 6.03 Å². The molecule has 4 amide bonds. The Morgan fingerprint density at radius 1 is 1.18 bits per heavy atom. The normalized spacial score (nSPS) is 23.5. The second-order valence-electron chi connectivity index (χ2n) is 7.63. The molecule has 2 aliphatic rings. The van der Waals surface area contributed by atoms with Gasteiger partial charge in [0.2, 0.25) is 0 Å². The van der Waals surface area contributed by atoms with E-state index in [2.05, 4.69) is 0 Å². The number of allylic oxidation sites excluding steroid dienone is 1. The summed E-state index contributed by atoms with van der Waals surface area (Å²) in [7, 11) is 1.49. The van der Waals surface area contributed by atoms with Gasteiger partial charge in [-0.3, -0.25) is 24.6 Å². The van der Waals surface area contributed by atoms with E-state index in [0.29, 0.717) is 11.4 Å². The number of amides is 4. The van der Waals surface area contributed by atoms with Crippen LogP contribution < -0.4 is 20.7 Å². The number of aliphatic hydroxyl groups is 1. The van der Waals surface area contributed by atoms with Gasteiger partial charge in [0.25, 0.3) is 17.4 Å². The third-order valence-corrected chi connectivity index (χ3v) is 4.89. The zero-order chi connectivity index (χ0) is 20.9. The van der Waals surface area contributed by atoms with E-state index >= 15 is 0 Å². The van der Waals surface area contributed by atoms with Crippen molar-refractivity contribution in [1.29, 1.82) is 0 Å². The lowest BCUT2D eigenvalue weighted by atomic mass is 9.73. The number of ether oxygens (including phenoxy) is 1. The van der Waals surface area contributed by atoms with Crippen LogP contribution >= 0.6 is 0 Å². The lowest BCUT2D eigenvalue weighted by molar-refractivity contribution is -0.147. The smallest absolute Gasteiger partial charge is 0.318 e. The fraction of sp³-hybridized carbons (Fsp3) is 0.368. The molecule has 148 valence electrons. The first-order chi connectivity index (χ1) is 13.0. The zero-order valence-corrected chi connectivity index (χ0v) is 15.7. The highest BCUT2D eigenvalue weighted by molar-refractivity contribution is 6.29. The molecule has 1 aliphatic carbocycles. The Bertz CT molecular complexity index is 918. The second kappa shape index (κ2) is 6.45. The Balaban J connectivity index is 2.18. The van der Waals surface area contributed by atoms with Crippen molar-refractivity contribution in [2.24, 2.45) is 11.1 Å². The summed E-state index contributed by atoms with van der Waals surface area (Å²) in [5, 5.41) is 12.7. The Hall–Kier alpha value is -3.20. The average Bonchev–Trinajstić information content (AvgIpc) is 2.82. The quantitative estimate of drug-likeness (QED) is 0.650. The number of ketones is 1. The molecule has 9 heteroatoms. The summed E-state index contributed by atoms with van der Waals surface area (Å²) in [5.74, 6) is -2.36. The van der Waals surface area contributed by atoms with Crippen LogP contribution in [-0.4, -0.2) is 41.4 Å². The van der Waals surface area contributed by atoms with E-state index in [1.807, 2.05) is 13.8 Å². The average molecular weight is 387 g/mol. The lowest BCUT2D eigenvalue weighted by Crippen LogP contribution is -2.57. The predicted molar refractivity (Wildman–Crippen MR) is 98.2 cm³/mol. The van der Waals surface area contributed by atoms with Gasteiger partial charge in [-0.25, -0.2) is 4.79 Å². The summed E-state index contributed by atoms with van der Waals surface area (Å²) < 4.78 is 5.10. The van der Waals surface area contributed by atoms with E-state index in [9.17, 15) is 24.3 Å².